The minimum Gasteiger partial charge on any atom is -0.324 e. The van der Waals surface area contributed by atoms with Crippen LogP contribution < -0.4 is 5.73 Å². The molecule has 2 atom stereocenters. The number of hydrogen-bond acceptors (Lipinski definition) is 2. The highest BCUT2D eigenvalue weighted by atomic mass is 19.4. The van der Waals surface area contributed by atoms with Crippen LogP contribution in [0, 0.1) is 0 Å². The highest BCUT2D eigenvalue weighted by molar-refractivity contribution is 5.37. The molecule has 0 spiro atoms. The van der Waals surface area contributed by atoms with Crippen LogP contribution in [-0.2, 0) is 0 Å². The first kappa shape index (κ1) is 14.3. The highest BCUT2D eigenvalue weighted by Crippen LogP contribution is 2.41. The van der Waals surface area contributed by atoms with Crippen LogP contribution in [0.25, 0.3) is 0 Å². The fourth-order valence-corrected chi connectivity index (χ4v) is 2.85. The van der Waals surface area contributed by atoms with E-state index < -0.39 is 12.7 Å². The number of rotatable bonds is 4. The van der Waals surface area contributed by atoms with Gasteiger partial charge in [0.05, 0.1) is 6.54 Å². The molecule has 0 radical (unpaired) electrons. The Hall–Kier alpha value is -1.07. The van der Waals surface area contributed by atoms with Crippen molar-refractivity contribution in [3.63, 3.8) is 0 Å². The zero-order valence-corrected chi connectivity index (χ0v) is 11.0. The molecule has 2 unspecified atom stereocenters. The number of fused-ring (bicyclic) bond motifs is 1. The van der Waals surface area contributed by atoms with E-state index in [1.807, 2.05) is 31.2 Å². The maximum absolute atomic E-state index is 12.7. The molecule has 1 aromatic carbocycles. The number of nitrogens with two attached hydrogens (primary N) is 1. The SMILES string of the molecule is CCCN(CC(F)(F)F)C1CC(N)c2ccccc21. The first-order valence-electron chi connectivity index (χ1n) is 6.57. The van der Waals surface area contributed by atoms with E-state index in [9.17, 15) is 13.2 Å². The minimum atomic E-state index is -4.17. The van der Waals surface area contributed by atoms with Gasteiger partial charge in [0.25, 0.3) is 0 Å². The Morgan fingerprint density at radius 2 is 1.89 bits per heavy atom. The summed E-state index contributed by atoms with van der Waals surface area (Å²) in [5.41, 5.74) is 7.96. The van der Waals surface area contributed by atoms with E-state index in [2.05, 4.69) is 0 Å². The molecule has 1 aliphatic rings. The summed E-state index contributed by atoms with van der Waals surface area (Å²) in [5, 5.41) is 0. The van der Waals surface area contributed by atoms with Gasteiger partial charge >= 0.3 is 6.18 Å². The Labute approximate surface area is 111 Å². The average molecular weight is 272 g/mol. The normalized spacial score (nSPS) is 22.8. The lowest BCUT2D eigenvalue weighted by Gasteiger charge is -2.30. The number of alkyl halides is 3. The Kier molecular flexibility index (Phi) is 4.16. The Bertz CT molecular complexity index is 431. The van der Waals surface area contributed by atoms with Gasteiger partial charge in [-0.05, 0) is 30.5 Å². The van der Waals surface area contributed by atoms with Crippen LogP contribution in [0.3, 0.4) is 0 Å². The standard InChI is InChI=1S/C14H19F3N2/c1-2-7-19(9-14(15,16)17)13-8-12(18)10-5-3-4-6-11(10)13/h3-6,12-13H,2,7-9,18H2,1H3. The lowest BCUT2D eigenvalue weighted by molar-refractivity contribution is -0.151. The van der Waals surface area contributed by atoms with Crippen LogP contribution in [0.1, 0.15) is 43.0 Å². The summed E-state index contributed by atoms with van der Waals surface area (Å²) in [6.07, 6.45) is -2.91. The molecule has 2 nitrogen and oxygen atoms in total. The van der Waals surface area contributed by atoms with Gasteiger partial charge in [0.15, 0.2) is 0 Å². The molecule has 106 valence electrons. The summed E-state index contributed by atoms with van der Waals surface area (Å²) in [6.45, 7) is 1.46. The second-order valence-corrected chi connectivity index (χ2v) is 5.07. The quantitative estimate of drug-likeness (QED) is 0.910. The van der Waals surface area contributed by atoms with Crippen molar-refractivity contribution in [3.05, 3.63) is 35.4 Å². The molecule has 1 aliphatic carbocycles. The first-order chi connectivity index (χ1) is 8.92. The Morgan fingerprint density at radius 3 is 2.47 bits per heavy atom. The Balaban J connectivity index is 2.24. The maximum atomic E-state index is 12.7. The third kappa shape index (κ3) is 3.28. The Morgan fingerprint density at radius 1 is 1.26 bits per heavy atom. The molecule has 2 rings (SSSR count). The van der Waals surface area contributed by atoms with Crippen molar-refractivity contribution in [1.29, 1.82) is 0 Å². The molecule has 0 bridgehead atoms. The molecule has 2 N–H and O–H groups in total. The van der Waals surface area contributed by atoms with Gasteiger partial charge in [0.1, 0.15) is 0 Å². The van der Waals surface area contributed by atoms with E-state index >= 15 is 0 Å². The number of hydrogen-bond donors (Lipinski definition) is 1. The fourth-order valence-electron chi connectivity index (χ4n) is 2.85. The van der Waals surface area contributed by atoms with E-state index in [-0.39, 0.29) is 12.1 Å². The summed E-state index contributed by atoms with van der Waals surface area (Å²) in [6, 6.07) is 7.18. The molecule has 0 saturated heterocycles. The maximum Gasteiger partial charge on any atom is 0.401 e. The lowest BCUT2D eigenvalue weighted by Crippen LogP contribution is -2.37. The zero-order chi connectivity index (χ0) is 14.0. The summed E-state index contributed by atoms with van der Waals surface area (Å²) < 4.78 is 38.0. The number of nitrogens with zero attached hydrogens (tertiary/aromatic N) is 1. The molecule has 19 heavy (non-hydrogen) atoms. The predicted octanol–water partition coefficient (Wildman–Crippen LogP) is 3.41. The first-order valence-corrected chi connectivity index (χ1v) is 6.57. The van der Waals surface area contributed by atoms with Crippen LogP contribution in [-0.4, -0.2) is 24.2 Å². The van der Waals surface area contributed by atoms with Gasteiger partial charge in [0.2, 0.25) is 0 Å². The van der Waals surface area contributed by atoms with E-state index in [0.717, 1.165) is 11.1 Å². The molecule has 0 amide bonds. The van der Waals surface area contributed by atoms with Crippen LogP contribution in [0.4, 0.5) is 13.2 Å². The van der Waals surface area contributed by atoms with Crippen LogP contribution in [0.2, 0.25) is 0 Å². The van der Waals surface area contributed by atoms with E-state index in [4.69, 9.17) is 5.73 Å². The van der Waals surface area contributed by atoms with Crippen molar-refractivity contribution in [2.75, 3.05) is 13.1 Å². The minimum absolute atomic E-state index is 0.159. The predicted molar refractivity (Wildman–Crippen MR) is 68.6 cm³/mol. The van der Waals surface area contributed by atoms with E-state index in [1.54, 1.807) is 0 Å². The van der Waals surface area contributed by atoms with Crippen molar-refractivity contribution >= 4 is 0 Å². The van der Waals surface area contributed by atoms with Gasteiger partial charge in [-0.1, -0.05) is 31.2 Å². The van der Waals surface area contributed by atoms with Crippen LogP contribution in [0.5, 0.6) is 0 Å². The summed E-state index contributed by atoms with van der Waals surface area (Å²) in [4.78, 5) is 1.51. The molecular weight excluding hydrogens is 253 g/mol. The van der Waals surface area contributed by atoms with Gasteiger partial charge in [-0.3, -0.25) is 4.90 Å². The van der Waals surface area contributed by atoms with Gasteiger partial charge in [-0.15, -0.1) is 0 Å². The topological polar surface area (TPSA) is 29.3 Å². The van der Waals surface area contributed by atoms with Gasteiger partial charge in [-0.25, -0.2) is 0 Å². The van der Waals surface area contributed by atoms with Gasteiger partial charge in [0, 0.05) is 12.1 Å². The second kappa shape index (κ2) is 5.51. The fraction of sp³-hybridized carbons (Fsp3) is 0.571. The molecule has 0 fully saturated rings. The summed E-state index contributed by atoms with van der Waals surface area (Å²) >= 11 is 0. The second-order valence-electron chi connectivity index (χ2n) is 5.07. The lowest BCUT2D eigenvalue weighted by atomic mass is 10.1. The molecule has 0 saturated carbocycles. The average Bonchev–Trinajstić information content (AvgIpc) is 2.66. The van der Waals surface area contributed by atoms with Crippen molar-refractivity contribution in [3.8, 4) is 0 Å². The summed E-state index contributed by atoms with van der Waals surface area (Å²) in [5.74, 6) is 0. The summed E-state index contributed by atoms with van der Waals surface area (Å²) in [7, 11) is 0. The highest BCUT2D eigenvalue weighted by Gasteiger charge is 2.38. The molecule has 1 aromatic rings. The zero-order valence-electron chi connectivity index (χ0n) is 11.0. The number of halogens is 3. The molecule has 5 heteroatoms. The third-order valence-electron chi connectivity index (χ3n) is 3.57. The van der Waals surface area contributed by atoms with Crippen LogP contribution >= 0.6 is 0 Å². The van der Waals surface area contributed by atoms with Crippen LogP contribution in [0.15, 0.2) is 24.3 Å². The monoisotopic (exact) mass is 272 g/mol. The van der Waals surface area contributed by atoms with Crippen molar-refractivity contribution in [2.24, 2.45) is 5.73 Å². The van der Waals surface area contributed by atoms with E-state index in [0.29, 0.717) is 19.4 Å². The largest absolute Gasteiger partial charge is 0.401 e. The number of benzene rings is 1. The third-order valence-corrected chi connectivity index (χ3v) is 3.57. The molecule has 0 aliphatic heterocycles. The van der Waals surface area contributed by atoms with Crippen molar-refractivity contribution in [2.45, 2.75) is 38.0 Å². The molecule has 0 aromatic heterocycles. The molecule has 0 heterocycles. The van der Waals surface area contributed by atoms with Crippen molar-refractivity contribution in [1.82, 2.24) is 4.90 Å². The van der Waals surface area contributed by atoms with Gasteiger partial charge in [-0.2, -0.15) is 13.2 Å². The van der Waals surface area contributed by atoms with E-state index in [1.165, 1.54) is 4.90 Å². The smallest absolute Gasteiger partial charge is 0.324 e. The molecular formula is C14H19F3N2. The van der Waals surface area contributed by atoms with Gasteiger partial charge < -0.3 is 5.73 Å². The van der Waals surface area contributed by atoms with Crippen molar-refractivity contribution < 1.29 is 13.2 Å².